The van der Waals surface area contributed by atoms with E-state index in [1.54, 1.807) is 17.0 Å². The van der Waals surface area contributed by atoms with Crippen LogP contribution >= 0.6 is 23.2 Å². The predicted molar refractivity (Wildman–Crippen MR) is 83.7 cm³/mol. The quantitative estimate of drug-likeness (QED) is 0.879. The normalized spacial score (nSPS) is 15.0. The molecule has 1 amide bonds. The molecule has 0 aromatic heterocycles. The van der Waals surface area contributed by atoms with Crippen LogP contribution in [0.15, 0.2) is 18.2 Å². The lowest BCUT2D eigenvalue weighted by Crippen LogP contribution is -2.49. The second-order valence-electron chi connectivity index (χ2n) is 4.85. The van der Waals surface area contributed by atoms with Gasteiger partial charge in [0.2, 0.25) is 5.91 Å². The Hall–Kier alpha value is -1.50. The Morgan fingerprint density at radius 2 is 1.77 bits per heavy atom. The average Bonchev–Trinajstić information content (AvgIpc) is 2.50. The van der Waals surface area contributed by atoms with Gasteiger partial charge in [-0.15, -0.1) is 0 Å². The topological polar surface area (TPSA) is 70.1 Å². The van der Waals surface area contributed by atoms with E-state index < -0.39 is 12.6 Å². The van der Waals surface area contributed by atoms with Crippen LogP contribution in [0.4, 0.5) is 5.69 Å². The smallest absolute Gasteiger partial charge is 0.329 e. The Morgan fingerprint density at radius 1 is 1.09 bits per heavy atom. The van der Waals surface area contributed by atoms with Crippen molar-refractivity contribution >= 4 is 40.8 Å². The Labute approximate surface area is 138 Å². The lowest BCUT2D eigenvalue weighted by Gasteiger charge is -2.36. The molecule has 2 rings (SSSR count). The average molecular weight is 347 g/mol. The van der Waals surface area contributed by atoms with Crippen molar-refractivity contribution in [3.8, 4) is 0 Å². The molecule has 1 heterocycles. The summed E-state index contributed by atoms with van der Waals surface area (Å²) in [5, 5.41) is 9.47. The van der Waals surface area contributed by atoms with Gasteiger partial charge >= 0.3 is 5.97 Å². The number of benzene rings is 1. The molecule has 1 aliphatic heterocycles. The fourth-order valence-corrected chi connectivity index (χ4v) is 2.51. The van der Waals surface area contributed by atoms with Gasteiger partial charge in [-0.25, -0.2) is 4.79 Å². The van der Waals surface area contributed by atoms with Gasteiger partial charge in [-0.3, -0.25) is 4.79 Å². The molecular weight excluding hydrogens is 331 g/mol. The van der Waals surface area contributed by atoms with Crippen LogP contribution in [0.2, 0.25) is 10.0 Å². The van der Waals surface area contributed by atoms with Gasteiger partial charge in [0.25, 0.3) is 0 Å². The number of nitrogens with zero attached hydrogens (tertiary/aromatic N) is 2. The van der Waals surface area contributed by atoms with E-state index in [4.69, 9.17) is 33.0 Å². The maximum Gasteiger partial charge on any atom is 0.329 e. The first-order valence-corrected chi connectivity index (χ1v) is 7.50. The number of hydrogen-bond donors (Lipinski definition) is 1. The molecule has 120 valence electrons. The third-order valence-corrected chi connectivity index (χ3v) is 4.09. The summed E-state index contributed by atoms with van der Waals surface area (Å²) in [7, 11) is 0. The SMILES string of the molecule is O=C(O)COCC(=O)N1CCN(c2ccc(Cl)c(Cl)c2)CC1. The van der Waals surface area contributed by atoms with Gasteiger partial charge in [0.1, 0.15) is 13.2 Å². The van der Waals surface area contributed by atoms with Crippen LogP contribution < -0.4 is 4.90 Å². The molecule has 22 heavy (non-hydrogen) atoms. The minimum atomic E-state index is -1.09. The van der Waals surface area contributed by atoms with E-state index in [2.05, 4.69) is 4.90 Å². The molecule has 0 bridgehead atoms. The summed E-state index contributed by atoms with van der Waals surface area (Å²) in [6.45, 7) is 1.77. The Kier molecular flexibility index (Phi) is 5.88. The minimum absolute atomic E-state index is 0.199. The zero-order chi connectivity index (χ0) is 16.1. The number of carbonyl (C=O) groups is 2. The lowest BCUT2D eigenvalue weighted by atomic mass is 10.2. The summed E-state index contributed by atoms with van der Waals surface area (Å²) >= 11 is 11.9. The molecule has 0 aliphatic carbocycles. The summed E-state index contributed by atoms with van der Waals surface area (Å²) in [6, 6.07) is 5.44. The standard InChI is InChI=1S/C14H16Cl2N2O4/c15-11-2-1-10(7-12(11)16)17-3-5-18(6-4-17)13(19)8-22-9-14(20)21/h1-2,7H,3-6,8-9H2,(H,20,21). The lowest BCUT2D eigenvalue weighted by molar-refractivity contribution is -0.145. The van der Waals surface area contributed by atoms with Gasteiger partial charge < -0.3 is 19.6 Å². The summed E-state index contributed by atoms with van der Waals surface area (Å²) in [5.74, 6) is -1.28. The molecule has 1 aromatic rings. The molecule has 0 unspecified atom stereocenters. The molecule has 0 radical (unpaired) electrons. The second kappa shape index (κ2) is 7.67. The van der Waals surface area contributed by atoms with Crippen LogP contribution in [0.1, 0.15) is 0 Å². The molecule has 6 nitrogen and oxygen atoms in total. The molecule has 1 aromatic carbocycles. The molecule has 0 spiro atoms. The first-order valence-electron chi connectivity index (χ1n) is 6.74. The highest BCUT2D eigenvalue weighted by Gasteiger charge is 2.21. The van der Waals surface area contributed by atoms with Gasteiger partial charge in [-0.2, -0.15) is 0 Å². The number of anilines is 1. The molecule has 8 heteroatoms. The summed E-state index contributed by atoms with van der Waals surface area (Å²) in [5.41, 5.74) is 0.962. The second-order valence-corrected chi connectivity index (χ2v) is 5.67. The van der Waals surface area contributed by atoms with Crippen LogP contribution in [0, 0.1) is 0 Å². The first-order chi connectivity index (χ1) is 10.5. The molecular formula is C14H16Cl2N2O4. The van der Waals surface area contributed by atoms with E-state index in [-0.39, 0.29) is 12.5 Å². The largest absolute Gasteiger partial charge is 0.480 e. The number of carboxylic acids is 1. The van der Waals surface area contributed by atoms with E-state index in [1.165, 1.54) is 0 Å². The molecule has 1 fully saturated rings. The van der Waals surface area contributed by atoms with E-state index >= 15 is 0 Å². The van der Waals surface area contributed by atoms with Crippen molar-refractivity contribution in [2.75, 3.05) is 44.3 Å². The fourth-order valence-electron chi connectivity index (χ4n) is 2.21. The fraction of sp³-hybridized carbons (Fsp3) is 0.429. The maximum atomic E-state index is 11.9. The van der Waals surface area contributed by atoms with Gasteiger partial charge in [0, 0.05) is 31.9 Å². The van der Waals surface area contributed by atoms with Crippen LogP contribution in [0.3, 0.4) is 0 Å². The van der Waals surface area contributed by atoms with E-state index in [1.807, 2.05) is 6.07 Å². The van der Waals surface area contributed by atoms with E-state index in [0.717, 1.165) is 5.69 Å². The number of rotatable bonds is 5. The number of hydrogen-bond acceptors (Lipinski definition) is 4. The highest BCUT2D eigenvalue weighted by molar-refractivity contribution is 6.42. The zero-order valence-corrected chi connectivity index (χ0v) is 13.3. The highest BCUT2D eigenvalue weighted by Crippen LogP contribution is 2.27. The summed E-state index contributed by atoms with van der Waals surface area (Å²) in [6.07, 6.45) is 0. The van der Waals surface area contributed by atoms with Crippen molar-refractivity contribution in [2.24, 2.45) is 0 Å². The molecule has 1 saturated heterocycles. The van der Waals surface area contributed by atoms with Crippen molar-refractivity contribution in [1.29, 1.82) is 0 Å². The number of carboxylic acid groups (broad SMARTS) is 1. The summed E-state index contributed by atoms with van der Waals surface area (Å²) < 4.78 is 4.81. The van der Waals surface area contributed by atoms with Crippen LogP contribution in [-0.2, 0) is 14.3 Å². The number of amides is 1. The Morgan fingerprint density at radius 3 is 2.36 bits per heavy atom. The number of ether oxygens (including phenoxy) is 1. The number of piperazine rings is 1. The van der Waals surface area contributed by atoms with Crippen LogP contribution in [0.25, 0.3) is 0 Å². The van der Waals surface area contributed by atoms with Crippen molar-refractivity contribution < 1.29 is 19.4 Å². The number of aliphatic carboxylic acids is 1. The van der Waals surface area contributed by atoms with Gasteiger partial charge in [0.15, 0.2) is 0 Å². The molecule has 1 aliphatic rings. The minimum Gasteiger partial charge on any atom is -0.480 e. The van der Waals surface area contributed by atoms with Crippen molar-refractivity contribution in [1.82, 2.24) is 4.90 Å². The molecule has 0 saturated carbocycles. The third-order valence-electron chi connectivity index (χ3n) is 3.35. The predicted octanol–water partition coefficient (Wildman–Crippen LogP) is 1.74. The van der Waals surface area contributed by atoms with Crippen molar-refractivity contribution in [3.63, 3.8) is 0 Å². The van der Waals surface area contributed by atoms with E-state index in [0.29, 0.717) is 36.2 Å². The van der Waals surface area contributed by atoms with Gasteiger partial charge in [-0.05, 0) is 18.2 Å². The van der Waals surface area contributed by atoms with E-state index in [9.17, 15) is 9.59 Å². The highest BCUT2D eigenvalue weighted by atomic mass is 35.5. The first kappa shape index (κ1) is 16.9. The number of halogens is 2. The van der Waals surface area contributed by atoms with Crippen molar-refractivity contribution in [2.45, 2.75) is 0 Å². The molecule has 0 atom stereocenters. The Balaban J connectivity index is 1.83. The monoisotopic (exact) mass is 346 g/mol. The van der Waals surface area contributed by atoms with Crippen molar-refractivity contribution in [3.05, 3.63) is 28.2 Å². The Bertz CT molecular complexity index is 560. The van der Waals surface area contributed by atoms with Crippen LogP contribution in [-0.4, -0.2) is 61.3 Å². The van der Waals surface area contributed by atoms with Crippen LogP contribution in [0.5, 0.6) is 0 Å². The zero-order valence-electron chi connectivity index (χ0n) is 11.8. The van der Waals surface area contributed by atoms with Gasteiger partial charge in [-0.1, -0.05) is 23.2 Å². The number of carbonyl (C=O) groups excluding carboxylic acids is 1. The summed E-state index contributed by atoms with van der Waals surface area (Å²) in [4.78, 5) is 26.0. The molecule has 1 N–H and O–H groups in total. The third kappa shape index (κ3) is 4.50. The maximum absolute atomic E-state index is 11.9. The van der Waals surface area contributed by atoms with Gasteiger partial charge in [0.05, 0.1) is 10.0 Å².